The van der Waals surface area contributed by atoms with Crippen LogP contribution in [0.5, 0.6) is 11.6 Å². The number of nitrogens with zero attached hydrogens (tertiary/aromatic N) is 2. The molecule has 1 heterocycles. The molecule has 2 aromatic carbocycles. The van der Waals surface area contributed by atoms with E-state index in [9.17, 15) is 10.1 Å². The molecule has 0 saturated carbocycles. The summed E-state index contributed by atoms with van der Waals surface area (Å²) in [5, 5.41) is 12.8. The molecule has 6 heteroatoms. The Balaban J connectivity index is 1.91. The molecule has 2 N–H and O–H groups in total. The molecule has 0 radical (unpaired) electrons. The number of anilines is 1. The minimum atomic E-state index is -0.581. The van der Waals surface area contributed by atoms with Crippen LogP contribution in [0.4, 0.5) is 11.5 Å². The molecule has 0 unspecified atom stereocenters. The molecule has 0 spiro atoms. The molecule has 0 aliphatic carbocycles. The van der Waals surface area contributed by atoms with Crippen molar-refractivity contribution < 1.29 is 9.66 Å². The molecular weight excluding hydrogens is 270 g/mol. The Morgan fingerprint density at radius 1 is 1.05 bits per heavy atom. The molecular formula is C15H11N3O3. The van der Waals surface area contributed by atoms with E-state index in [2.05, 4.69) is 4.98 Å². The molecule has 0 saturated heterocycles. The maximum atomic E-state index is 10.7. The molecule has 0 bridgehead atoms. The van der Waals surface area contributed by atoms with Gasteiger partial charge in [0, 0.05) is 12.1 Å². The van der Waals surface area contributed by atoms with Gasteiger partial charge in [-0.2, -0.15) is 4.98 Å². The maximum Gasteiger partial charge on any atom is 0.311 e. The van der Waals surface area contributed by atoms with E-state index in [1.807, 2.05) is 42.5 Å². The summed E-state index contributed by atoms with van der Waals surface area (Å²) < 4.78 is 5.59. The lowest BCUT2D eigenvalue weighted by Crippen LogP contribution is -1.99. The summed E-state index contributed by atoms with van der Waals surface area (Å²) in [5.41, 5.74) is 5.30. The normalized spacial score (nSPS) is 10.5. The number of pyridine rings is 1. The summed E-state index contributed by atoms with van der Waals surface area (Å²) >= 11 is 0. The Hall–Kier alpha value is -3.15. The lowest BCUT2D eigenvalue weighted by Gasteiger charge is -2.06. The first kappa shape index (κ1) is 12.9. The molecule has 1 aromatic heterocycles. The van der Waals surface area contributed by atoms with Gasteiger partial charge in [-0.05, 0) is 22.9 Å². The molecule has 3 rings (SSSR count). The lowest BCUT2D eigenvalue weighted by atomic mass is 10.1. The van der Waals surface area contributed by atoms with Crippen LogP contribution in [-0.2, 0) is 0 Å². The zero-order chi connectivity index (χ0) is 14.8. The highest BCUT2D eigenvalue weighted by atomic mass is 16.6. The fourth-order valence-corrected chi connectivity index (χ4v) is 2.01. The Labute approximate surface area is 119 Å². The predicted molar refractivity (Wildman–Crippen MR) is 79.3 cm³/mol. The standard InChI is InChI=1S/C15H11N3O3/c16-15-13(18(19)20)7-8-14(17-15)21-12-6-5-10-3-1-2-4-11(10)9-12/h1-9H,(H2,16,17). The Morgan fingerprint density at radius 2 is 1.81 bits per heavy atom. The third-order valence-corrected chi connectivity index (χ3v) is 3.02. The average Bonchev–Trinajstić information content (AvgIpc) is 2.47. The first-order chi connectivity index (χ1) is 10.1. The number of nitrogen functional groups attached to an aromatic ring is 1. The fourth-order valence-electron chi connectivity index (χ4n) is 2.01. The second kappa shape index (κ2) is 5.09. The van der Waals surface area contributed by atoms with Gasteiger partial charge in [0.15, 0.2) is 0 Å². The summed E-state index contributed by atoms with van der Waals surface area (Å²) in [6, 6.07) is 16.2. The van der Waals surface area contributed by atoms with Crippen LogP contribution in [0.1, 0.15) is 0 Å². The molecule has 104 valence electrons. The SMILES string of the molecule is Nc1nc(Oc2ccc3ccccc3c2)ccc1[N+](=O)[O-]. The van der Waals surface area contributed by atoms with E-state index in [0.29, 0.717) is 5.75 Å². The smallest absolute Gasteiger partial charge is 0.311 e. The summed E-state index contributed by atoms with van der Waals surface area (Å²) in [6.45, 7) is 0. The topological polar surface area (TPSA) is 91.3 Å². The van der Waals surface area contributed by atoms with Crippen LogP contribution in [0.15, 0.2) is 54.6 Å². The van der Waals surface area contributed by atoms with E-state index < -0.39 is 4.92 Å². The van der Waals surface area contributed by atoms with Crippen molar-refractivity contribution in [3.63, 3.8) is 0 Å². The maximum absolute atomic E-state index is 10.7. The molecule has 6 nitrogen and oxygen atoms in total. The van der Waals surface area contributed by atoms with Gasteiger partial charge < -0.3 is 10.5 Å². The summed E-state index contributed by atoms with van der Waals surface area (Å²) in [5.74, 6) is 0.640. The average molecular weight is 281 g/mol. The minimum absolute atomic E-state index is 0.168. The Morgan fingerprint density at radius 3 is 2.52 bits per heavy atom. The van der Waals surface area contributed by atoms with E-state index >= 15 is 0 Å². The zero-order valence-electron chi connectivity index (χ0n) is 10.9. The quantitative estimate of drug-likeness (QED) is 0.585. The number of hydrogen-bond acceptors (Lipinski definition) is 5. The summed E-state index contributed by atoms with van der Waals surface area (Å²) in [6.07, 6.45) is 0. The largest absolute Gasteiger partial charge is 0.439 e. The number of ether oxygens (including phenoxy) is 1. The van der Waals surface area contributed by atoms with E-state index in [0.717, 1.165) is 10.8 Å². The van der Waals surface area contributed by atoms with Gasteiger partial charge in [-0.1, -0.05) is 30.3 Å². The first-order valence-corrected chi connectivity index (χ1v) is 6.21. The van der Waals surface area contributed by atoms with Gasteiger partial charge >= 0.3 is 5.69 Å². The highest BCUT2D eigenvalue weighted by molar-refractivity contribution is 5.83. The zero-order valence-corrected chi connectivity index (χ0v) is 10.9. The van der Waals surface area contributed by atoms with Crippen molar-refractivity contribution in [2.45, 2.75) is 0 Å². The highest BCUT2D eigenvalue weighted by Gasteiger charge is 2.13. The summed E-state index contributed by atoms with van der Waals surface area (Å²) in [7, 11) is 0. The second-order valence-electron chi connectivity index (χ2n) is 4.42. The minimum Gasteiger partial charge on any atom is -0.439 e. The van der Waals surface area contributed by atoms with Gasteiger partial charge in [0.25, 0.3) is 0 Å². The van der Waals surface area contributed by atoms with Crippen LogP contribution < -0.4 is 10.5 Å². The first-order valence-electron chi connectivity index (χ1n) is 6.21. The van der Waals surface area contributed by atoms with E-state index in [1.54, 1.807) is 0 Å². The van der Waals surface area contributed by atoms with Crippen LogP contribution in [0.3, 0.4) is 0 Å². The monoisotopic (exact) mass is 281 g/mol. The van der Waals surface area contributed by atoms with Crippen LogP contribution in [0.2, 0.25) is 0 Å². The number of fused-ring (bicyclic) bond motifs is 1. The third kappa shape index (κ3) is 2.59. The van der Waals surface area contributed by atoms with Gasteiger partial charge in [-0.3, -0.25) is 10.1 Å². The number of benzene rings is 2. The Kier molecular flexibility index (Phi) is 3.12. The second-order valence-corrected chi connectivity index (χ2v) is 4.42. The van der Waals surface area contributed by atoms with Gasteiger partial charge in [0.05, 0.1) is 4.92 Å². The van der Waals surface area contributed by atoms with Crippen molar-refractivity contribution in [2.75, 3.05) is 5.73 Å². The molecule has 0 amide bonds. The van der Waals surface area contributed by atoms with Crippen LogP contribution >= 0.6 is 0 Å². The highest BCUT2D eigenvalue weighted by Crippen LogP contribution is 2.27. The molecule has 21 heavy (non-hydrogen) atoms. The number of hydrogen-bond donors (Lipinski definition) is 1. The number of aromatic nitrogens is 1. The van der Waals surface area contributed by atoms with Crippen molar-refractivity contribution in [2.24, 2.45) is 0 Å². The van der Waals surface area contributed by atoms with E-state index in [-0.39, 0.29) is 17.4 Å². The van der Waals surface area contributed by atoms with Gasteiger partial charge in [0.2, 0.25) is 11.7 Å². The number of nitrogens with two attached hydrogens (primary N) is 1. The van der Waals surface area contributed by atoms with Crippen molar-refractivity contribution in [3.8, 4) is 11.6 Å². The van der Waals surface area contributed by atoms with Crippen LogP contribution in [-0.4, -0.2) is 9.91 Å². The third-order valence-electron chi connectivity index (χ3n) is 3.02. The molecule has 0 aliphatic rings. The fraction of sp³-hybridized carbons (Fsp3) is 0. The molecule has 3 aromatic rings. The predicted octanol–water partition coefficient (Wildman–Crippen LogP) is 3.52. The Bertz CT molecular complexity index is 833. The van der Waals surface area contributed by atoms with Crippen molar-refractivity contribution in [1.82, 2.24) is 4.98 Å². The molecule has 0 aliphatic heterocycles. The molecule has 0 fully saturated rings. The number of nitro groups is 1. The van der Waals surface area contributed by atoms with Gasteiger partial charge in [0.1, 0.15) is 5.75 Å². The van der Waals surface area contributed by atoms with E-state index in [4.69, 9.17) is 10.5 Å². The van der Waals surface area contributed by atoms with Crippen molar-refractivity contribution in [3.05, 3.63) is 64.7 Å². The van der Waals surface area contributed by atoms with Crippen LogP contribution in [0.25, 0.3) is 10.8 Å². The molecule has 0 atom stereocenters. The van der Waals surface area contributed by atoms with Gasteiger partial charge in [-0.25, -0.2) is 0 Å². The van der Waals surface area contributed by atoms with Gasteiger partial charge in [-0.15, -0.1) is 0 Å². The van der Waals surface area contributed by atoms with E-state index in [1.165, 1.54) is 12.1 Å². The van der Waals surface area contributed by atoms with Crippen molar-refractivity contribution >= 4 is 22.3 Å². The van der Waals surface area contributed by atoms with Crippen molar-refractivity contribution in [1.29, 1.82) is 0 Å². The lowest BCUT2D eigenvalue weighted by molar-refractivity contribution is -0.384. The van der Waals surface area contributed by atoms with Crippen LogP contribution in [0, 0.1) is 10.1 Å². The number of rotatable bonds is 3. The summed E-state index contributed by atoms with van der Waals surface area (Å²) in [4.78, 5) is 14.0.